The van der Waals surface area contributed by atoms with E-state index < -0.39 is 5.60 Å². The lowest BCUT2D eigenvalue weighted by atomic mass is 9.71. The van der Waals surface area contributed by atoms with E-state index in [9.17, 15) is 4.79 Å². The van der Waals surface area contributed by atoms with Gasteiger partial charge in [0, 0.05) is 18.6 Å². The molecule has 0 aromatic heterocycles. The molecule has 6 unspecified atom stereocenters. The molecule has 5 nitrogen and oxygen atoms in total. The summed E-state index contributed by atoms with van der Waals surface area (Å²) in [6, 6.07) is 0.695. The Kier molecular flexibility index (Phi) is 5.38. The molecule has 0 aromatic rings. The molecular weight excluding hydrogens is 280 g/mol. The normalized spacial score (nSPS) is 33.5. The molecule has 0 spiro atoms. The van der Waals surface area contributed by atoms with Gasteiger partial charge in [0.05, 0.1) is 18.2 Å². The van der Waals surface area contributed by atoms with Crippen LogP contribution in [-0.2, 0) is 9.47 Å². The average Bonchev–Trinajstić information content (AvgIpc) is 2.83. The minimum absolute atomic E-state index is 0.105. The third-order valence-corrected chi connectivity index (χ3v) is 5.02. The number of carbonyl (C=O) groups is 1. The Morgan fingerprint density at radius 3 is 2.59 bits per heavy atom. The molecule has 1 aliphatic carbocycles. The minimum atomic E-state index is -0.466. The van der Waals surface area contributed by atoms with Crippen LogP contribution >= 0.6 is 0 Å². The van der Waals surface area contributed by atoms with E-state index in [2.05, 4.69) is 31.4 Å². The van der Waals surface area contributed by atoms with Crippen LogP contribution in [0.4, 0.5) is 4.79 Å². The number of ether oxygens (including phenoxy) is 2. The molecule has 0 radical (unpaired) electrons. The summed E-state index contributed by atoms with van der Waals surface area (Å²) in [6.45, 7) is 13.1. The molecule has 6 atom stereocenters. The van der Waals surface area contributed by atoms with Crippen LogP contribution in [-0.4, -0.2) is 42.5 Å². The van der Waals surface area contributed by atoms with Gasteiger partial charge in [0.15, 0.2) is 0 Å². The largest absolute Gasteiger partial charge is 0.444 e. The Morgan fingerprint density at radius 1 is 1.32 bits per heavy atom. The zero-order valence-corrected chi connectivity index (χ0v) is 14.8. The first-order chi connectivity index (χ1) is 10.2. The Bertz CT molecular complexity index is 394. The molecule has 1 saturated carbocycles. The van der Waals surface area contributed by atoms with Gasteiger partial charge in [0.25, 0.3) is 0 Å². The number of carbonyl (C=O) groups excluding carboxylic acids is 1. The molecule has 0 aromatic carbocycles. The van der Waals surface area contributed by atoms with Crippen molar-refractivity contribution in [3.05, 3.63) is 0 Å². The number of alkyl carbamates (subject to hydrolysis) is 1. The fourth-order valence-electron chi connectivity index (χ4n) is 3.37. The van der Waals surface area contributed by atoms with E-state index in [1.54, 1.807) is 0 Å². The summed E-state index contributed by atoms with van der Waals surface area (Å²) in [6.07, 6.45) is 2.05. The van der Waals surface area contributed by atoms with E-state index in [0.29, 0.717) is 17.9 Å². The van der Waals surface area contributed by atoms with Gasteiger partial charge in [-0.25, -0.2) is 4.79 Å². The Hall–Kier alpha value is -0.810. The number of amides is 1. The second-order valence-electron chi connectivity index (χ2n) is 7.83. The molecule has 2 N–H and O–H groups in total. The maximum Gasteiger partial charge on any atom is 0.407 e. The van der Waals surface area contributed by atoms with Gasteiger partial charge in [-0.05, 0) is 40.0 Å². The third kappa shape index (κ3) is 3.93. The summed E-state index contributed by atoms with van der Waals surface area (Å²) >= 11 is 0. The number of fused-ring (bicyclic) bond motifs is 1. The summed E-state index contributed by atoms with van der Waals surface area (Å²) in [4.78, 5) is 12.1. The highest BCUT2D eigenvalue weighted by molar-refractivity contribution is 5.68. The SMILES string of the molecule is CCC(C)C(C)NC1C(NC(=O)OC(C)(C)C)C2CCOC21. The van der Waals surface area contributed by atoms with Crippen molar-refractivity contribution in [3.63, 3.8) is 0 Å². The van der Waals surface area contributed by atoms with Crippen LogP contribution in [0.25, 0.3) is 0 Å². The molecule has 1 amide bonds. The number of hydrogen-bond acceptors (Lipinski definition) is 4. The van der Waals surface area contributed by atoms with Crippen LogP contribution in [0.15, 0.2) is 0 Å². The quantitative estimate of drug-likeness (QED) is 0.819. The zero-order chi connectivity index (χ0) is 16.5. The zero-order valence-electron chi connectivity index (χ0n) is 14.8. The van der Waals surface area contributed by atoms with Crippen LogP contribution in [0.3, 0.4) is 0 Å². The molecule has 1 saturated heterocycles. The van der Waals surface area contributed by atoms with Crippen LogP contribution in [0.5, 0.6) is 0 Å². The predicted octanol–water partition coefficient (Wildman–Crippen LogP) is 2.69. The van der Waals surface area contributed by atoms with Crippen molar-refractivity contribution in [2.24, 2.45) is 11.8 Å². The molecule has 2 fully saturated rings. The van der Waals surface area contributed by atoms with Gasteiger partial charge >= 0.3 is 6.09 Å². The van der Waals surface area contributed by atoms with E-state index in [0.717, 1.165) is 19.4 Å². The molecule has 1 heterocycles. The predicted molar refractivity (Wildman–Crippen MR) is 86.8 cm³/mol. The maximum absolute atomic E-state index is 12.1. The van der Waals surface area contributed by atoms with Crippen molar-refractivity contribution in [3.8, 4) is 0 Å². The second-order valence-corrected chi connectivity index (χ2v) is 7.83. The van der Waals surface area contributed by atoms with Gasteiger partial charge in [-0.3, -0.25) is 0 Å². The summed E-state index contributed by atoms with van der Waals surface area (Å²) in [5.74, 6) is 1.01. The van der Waals surface area contributed by atoms with Gasteiger partial charge in [0.2, 0.25) is 0 Å². The molecular formula is C17H32N2O3. The fourth-order valence-corrected chi connectivity index (χ4v) is 3.37. The second kappa shape index (κ2) is 6.75. The van der Waals surface area contributed by atoms with Gasteiger partial charge < -0.3 is 20.1 Å². The third-order valence-electron chi connectivity index (χ3n) is 5.02. The minimum Gasteiger partial charge on any atom is -0.444 e. The summed E-state index contributed by atoms with van der Waals surface area (Å²) < 4.78 is 11.2. The Morgan fingerprint density at radius 2 is 2.00 bits per heavy atom. The maximum atomic E-state index is 12.1. The monoisotopic (exact) mass is 312 g/mol. The van der Waals surface area contributed by atoms with Crippen LogP contribution in [0, 0.1) is 11.8 Å². The van der Waals surface area contributed by atoms with Gasteiger partial charge in [-0.2, -0.15) is 0 Å². The molecule has 5 heteroatoms. The van der Waals surface area contributed by atoms with E-state index in [1.165, 1.54) is 0 Å². The number of hydrogen-bond donors (Lipinski definition) is 2. The van der Waals surface area contributed by atoms with E-state index in [4.69, 9.17) is 9.47 Å². The Balaban J connectivity index is 1.94. The van der Waals surface area contributed by atoms with Crippen molar-refractivity contribution >= 4 is 6.09 Å². The highest BCUT2D eigenvalue weighted by atomic mass is 16.6. The van der Waals surface area contributed by atoms with Crippen LogP contribution < -0.4 is 10.6 Å². The molecule has 0 bridgehead atoms. The average molecular weight is 312 g/mol. The van der Waals surface area contributed by atoms with E-state index in [1.807, 2.05) is 20.8 Å². The van der Waals surface area contributed by atoms with E-state index in [-0.39, 0.29) is 24.3 Å². The van der Waals surface area contributed by atoms with Gasteiger partial charge in [0.1, 0.15) is 5.60 Å². The van der Waals surface area contributed by atoms with Gasteiger partial charge in [-0.1, -0.05) is 20.3 Å². The number of rotatable bonds is 5. The number of nitrogens with one attached hydrogen (secondary N) is 2. The van der Waals surface area contributed by atoms with Crippen LogP contribution in [0.2, 0.25) is 0 Å². The molecule has 2 aliphatic rings. The first-order valence-electron chi connectivity index (χ1n) is 8.60. The van der Waals surface area contributed by atoms with Crippen molar-refractivity contribution in [2.75, 3.05) is 6.61 Å². The lowest BCUT2D eigenvalue weighted by molar-refractivity contribution is -0.0390. The highest BCUT2D eigenvalue weighted by Gasteiger charge is 2.55. The van der Waals surface area contributed by atoms with Crippen molar-refractivity contribution < 1.29 is 14.3 Å². The Labute approximate surface area is 134 Å². The molecule has 1 aliphatic heterocycles. The van der Waals surface area contributed by atoms with Crippen molar-refractivity contribution in [1.29, 1.82) is 0 Å². The van der Waals surface area contributed by atoms with Crippen molar-refractivity contribution in [1.82, 2.24) is 10.6 Å². The van der Waals surface area contributed by atoms with Crippen LogP contribution in [0.1, 0.15) is 54.4 Å². The highest BCUT2D eigenvalue weighted by Crippen LogP contribution is 2.39. The topological polar surface area (TPSA) is 59.6 Å². The summed E-state index contributed by atoms with van der Waals surface area (Å²) in [5.41, 5.74) is -0.466. The molecule has 22 heavy (non-hydrogen) atoms. The fraction of sp³-hybridized carbons (Fsp3) is 0.941. The molecule has 2 rings (SSSR count). The smallest absolute Gasteiger partial charge is 0.407 e. The lowest BCUT2D eigenvalue weighted by Gasteiger charge is -2.49. The molecule has 128 valence electrons. The van der Waals surface area contributed by atoms with Gasteiger partial charge in [-0.15, -0.1) is 0 Å². The summed E-state index contributed by atoms with van der Waals surface area (Å²) in [5, 5.41) is 6.71. The first kappa shape index (κ1) is 17.5. The van der Waals surface area contributed by atoms with Crippen molar-refractivity contribution in [2.45, 2.75) is 84.2 Å². The summed E-state index contributed by atoms with van der Waals surface area (Å²) in [7, 11) is 0. The first-order valence-corrected chi connectivity index (χ1v) is 8.60. The lowest BCUT2D eigenvalue weighted by Crippen LogP contribution is -2.71. The van der Waals surface area contributed by atoms with E-state index >= 15 is 0 Å². The standard InChI is InChI=1S/C17H32N2O3/c1-7-10(2)11(3)18-14-13(12-8-9-21-15(12)14)19-16(20)22-17(4,5)6/h10-15,18H,7-9H2,1-6H3,(H,19,20).